The van der Waals surface area contributed by atoms with Gasteiger partial charge in [-0.25, -0.2) is 8.42 Å². The Kier molecular flexibility index (Phi) is 5.04. The number of halogens is 3. The van der Waals surface area contributed by atoms with Crippen molar-refractivity contribution in [2.75, 3.05) is 37.7 Å². The van der Waals surface area contributed by atoms with Crippen LogP contribution in [-0.4, -0.2) is 56.9 Å². The summed E-state index contributed by atoms with van der Waals surface area (Å²) in [5.41, 5.74) is -0.848. The van der Waals surface area contributed by atoms with Crippen LogP contribution in [0.1, 0.15) is 24.0 Å². The average molecular weight is 390 g/mol. The molecule has 3 rings (SSSR count). The van der Waals surface area contributed by atoms with Gasteiger partial charge in [-0.15, -0.1) is 0 Å². The van der Waals surface area contributed by atoms with Crippen LogP contribution in [0.2, 0.25) is 0 Å². The zero-order valence-corrected chi connectivity index (χ0v) is 15.0. The number of hydrogen-bond acceptors (Lipinski definition) is 4. The quantitative estimate of drug-likeness (QED) is 0.829. The number of sulfone groups is 1. The summed E-state index contributed by atoms with van der Waals surface area (Å²) in [5, 5.41) is 2.84. The lowest BCUT2D eigenvalue weighted by atomic mass is 9.94. The summed E-state index contributed by atoms with van der Waals surface area (Å²) in [6.07, 6.45) is -3.16. The summed E-state index contributed by atoms with van der Waals surface area (Å²) in [5.74, 6) is 0.0919. The molecule has 144 valence electrons. The van der Waals surface area contributed by atoms with Gasteiger partial charge in [0.25, 0.3) is 0 Å². The van der Waals surface area contributed by atoms with Crippen LogP contribution in [0.3, 0.4) is 0 Å². The van der Waals surface area contributed by atoms with Gasteiger partial charge in [0.05, 0.1) is 22.5 Å². The topological polar surface area (TPSA) is 66.5 Å². The molecule has 2 fully saturated rings. The van der Waals surface area contributed by atoms with E-state index in [1.165, 1.54) is 12.1 Å². The molecular formula is C17H21F3N2O3S. The molecule has 1 aliphatic carbocycles. The van der Waals surface area contributed by atoms with Crippen LogP contribution < -0.4 is 5.32 Å². The minimum Gasteiger partial charge on any atom is -0.354 e. The van der Waals surface area contributed by atoms with Gasteiger partial charge in [-0.1, -0.05) is 12.1 Å². The summed E-state index contributed by atoms with van der Waals surface area (Å²) in [6, 6.07) is 4.78. The Balaban J connectivity index is 1.53. The third-order valence-corrected chi connectivity index (χ3v) is 6.71. The fourth-order valence-corrected chi connectivity index (χ4v) is 4.50. The molecule has 1 saturated carbocycles. The van der Waals surface area contributed by atoms with Crippen LogP contribution in [0.4, 0.5) is 13.2 Å². The van der Waals surface area contributed by atoms with Crippen LogP contribution in [0.25, 0.3) is 0 Å². The highest BCUT2D eigenvalue weighted by atomic mass is 32.2. The van der Waals surface area contributed by atoms with Crippen molar-refractivity contribution < 1.29 is 26.4 Å². The molecule has 0 bridgehead atoms. The average Bonchev–Trinajstić information content (AvgIpc) is 3.37. The van der Waals surface area contributed by atoms with Gasteiger partial charge < -0.3 is 5.32 Å². The van der Waals surface area contributed by atoms with Gasteiger partial charge >= 0.3 is 6.18 Å². The number of hydrogen-bond donors (Lipinski definition) is 1. The third kappa shape index (κ3) is 4.20. The van der Waals surface area contributed by atoms with Crippen molar-refractivity contribution in [2.45, 2.75) is 24.4 Å². The van der Waals surface area contributed by atoms with E-state index < -0.39 is 27.0 Å². The van der Waals surface area contributed by atoms with Crippen molar-refractivity contribution in [1.29, 1.82) is 0 Å². The van der Waals surface area contributed by atoms with Crippen LogP contribution in [0, 0.1) is 0 Å². The van der Waals surface area contributed by atoms with Gasteiger partial charge in [0.15, 0.2) is 9.84 Å². The third-order valence-electron chi connectivity index (χ3n) is 5.10. The summed E-state index contributed by atoms with van der Waals surface area (Å²) in [6.45, 7) is 1.87. The van der Waals surface area contributed by atoms with Crippen molar-refractivity contribution in [1.82, 2.24) is 10.2 Å². The van der Waals surface area contributed by atoms with Crippen molar-refractivity contribution >= 4 is 15.7 Å². The Bertz CT molecular complexity index is 757. The molecule has 1 aliphatic heterocycles. The second kappa shape index (κ2) is 6.84. The van der Waals surface area contributed by atoms with Gasteiger partial charge in [-0.05, 0) is 30.5 Å². The minimum absolute atomic E-state index is 0.135. The smallest absolute Gasteiger partial charge is 0.354 e. The lowest BCUT2D eigenvalue weighted by Gasteiger charge is -2.26. The highest BCUT2D eigenvalue weighted by Crippen LogP contribution is 2.48. The maximum atomic E-state index is 12.7. The molecule has 1 amide bonds. The minimum atomic E-state index is -4.39. The molecule has 1 aromatic carbocycles. The zero-order valence-electron chi connectivity index (χ0n) is 14.2. The number of carbonyl (C=O) groups is 1. The Morgan fingerprint density at radius 2 is 1.69 bits per heavy atom. The fraction of sp³-hybridized carbons (Fsp3) is 0.588. The SMILES string of the molecule is O=C(NCCN1CCS(=O)(=O)CC1)C1(c2ccc(C(F)(F)F)cc2)CC1. The normalized spacial score (nSPS) is 22.0. The molecule has 0 aromatic heterocycles. The number of alkyl halides is 3. The Labute approximate surface area is 150 Å². The molecule has 0 unspecified atom stereocenters. The van der Waals surface area contributed by atoms with Crippen LogP contribution >= 0.6 is 0 Å². The molecule has 2 aliphatic rings. The molecule has 1 N–H and O–H groups in total. The second-order valence-electron chi connectivity index (χ2n) is 6.91. The molecule has 26 heavy (non-hydrogen) atoms. The number of carbonyl (C=O) groups excluding carboxylic acids is 1. The van der Waals surface area contributed by atoms with Crippen molar-refractivity contribution in [3.05, 3.63) is 35.4 Å². The molecule has 0 radical (unpaired) electrons. The maximum Gasteiger partial charge on any atom is 0.416 e. The van der Waals surface area contributed by atoms with Gasteiger partial charge in [0, 0.05) is 26.2 Å². The number of rotatable bonds is 5. The van der Waals surface area contributed by atoms with E-state index in [1.807, 2.05) is 4.90 Å². The number of benzene rings is 1. The second-order valence-corrected chi connectivity index (χ2v) is 9.21. The Morgan fingerprint density at radius 3 is 2.19 bits per heavy atom. The maximum absolute atomic E-state index is 12.7. The zero-order chi connectivity index (χ0) is 19.0. The lowest BCUT2D eigenvalue weighted by Crippen LogP contribution is -2.45. The highest BCUT2D eigenvalue weighted by molar-refractivity contribution is 7.91. The van der Waals surface area contributed by atoms with Crippen LogP contribution in [0.5, 0.6) is 0 Å². The van der Waals surface area contributed by atoms with Gasteiger partial charge in [0.1, 0.15) is 0 Å². The first-order chi connectivity index (χ1) is 12.1. The molecule has 0 spiro atoms. The number of nitrogens with zero attached hydrogens (tertiary/aromatic N) is 1. The summed E-state index contributed by atoms with van der Waals surface area (Å²) >= 11 is 0. The van der Waals surface area contributed by atoms with Crippen molar-refractivity contribution in [3.63, 3.8) is 0 Å². The van der Waals surface area contributed by atoms with E-state index >= 15 is 0 Å². The van der Waals surface area contributed by atoms with Crippen LogP contribution in [0.15, 0.2) is 24.3 Å². The number of nitrogens with one attached hydrogen (secondary N) is 1. The molecule has 1 aromatic rings. The molecule has 1 saturated heterocycles. The standard InChI is InChI=1S/C17H21F3N2O3S/c18-17(19,20)14-3-1-13(2-4-14)16(5-6-16)15(23)21-7-8-22-9-11-26(24,25)12-10-22/h1-4H,5-12H2,(H,21,23). The molecule has 0 atom stereocenters. The van der Waals surface area contributed by atoms with E-state index in [4.69, 9.17) is 0 Å². The highest BCUT2D eigenvalue weighted by Gasteiger charge is 2.51. The summed E-state index contributed by atoms with van der Waals surface area (Å²) in [7, 11) is -2.93. The van der Waals surface area contributed by atoms with E-state index in [0.717, 1.165) is 12.1 Å². The van der Waals surface area contributed by atoms with Crippen molar-refractivity contribution in [2.24, 2.45) is 0 Å². The predicted octanol–water partition coefficient (Wildman–Crippen LogP) is 1.58. The first-order valence-corrected chi connectivity index (χ1v) is 10.3. The molecular weight excluding hydrogens is 369 g/mol. The summed E-state index contributed by atoms with van der Waals surface area (Å²) < 4.78 is 60.8. The lowest BCUT2D eigenvalue weighted by molar-refractivity contribution is -0.137. The first kappa shape index (κ1) is 19.2. The van der Waals surface area contributed by atoms with Crippen LogP contribution in [-0.2, 0) is 26.2 Å². The van der Waals surface area contributed by atoms with E-state index in [-0.39, 0.29) is 17.4 Å². The Morgan fingerprint density at radius 1 is 1.12 bits per heavy atom. The predicted molar refractivity (Wildman–Crippen MR) is 90.5 cm³/mol. The van der Waals surface area contributed by atoms with Gasteiger partial charge in [0.2, 0.25) is 5.91 Å². The molecule has 9 heteroatoms. The van der Waals surface area contributed by atoms with E-state index in [2.05, 4.69) is 5.32 Å². The van der Waals surface area contributed by atoms with E-state index in [9.17, 15) is 26.4 Å². The number of amides is 1. The largest absolute Gasteiger partial charge is 0.416 e. The van der Waals surface area contributed by atoms with E-state index in [1.54, 1.807) is 0 Å². The van der Waals surface area contributed by atoms with Gasteiger partial charge in [-0.3, -0.25) is 9.69 Å². The fourth-order valence-electron chi connectivity index (χ4n) is 3.22. The van der Waals surface area contributed by atoms with E-state index in [0.29, 0.717) is 44.6 Å². The van der Waals surface area contributed by atoms with Gasteiger partial charge in [-0.2, -0.15) is 13.2 Å². The monoisotopic (exact) mass is 390 g/mol. The first-order valence-electron chi connectivity index (χ1n) is 8.51. The Hall–Kier alpha value is -1.61. The van der Waals surface area contributed by atoms with Crippen molar-refractivity contribution in [3.8, 4) is 0 Å². The molecule has 1 heterocycles. The molecule has 5 nitrogen and oxygen atoms in total. The summed E-state index contributed by atoms with van der Waals surface area (Å²) in [4.78, 5) is 14.5.